The lowest BCUT2D eigenvalue weighted by Gasteiger charge is -2.28. The van der Waals surface area contributed by atoms with Crippen LogP contribution < -0.4 is 0 Å². The van der Waals surface area contributed by atoms with Crippen LogP contribution in [0.15, 0.2) is 54.6 Å². The van der Waals surface area contributed by atoms with Gasteiger partial charge in [-0.05, 0) is 65.1 Å². The van der Waals surface area contributed by atoms with E-state index in [-0.39, 0.29) is 5.60 Å². The van der Waals surface area contributed by atoms with Crippen molar-refractivity contribution in [1.29, 1.82) is 0 Å². The second-order valence-electron chi connectivity index (χ2n) is 7.10. The number of ether oxygens (including phenoxy) is 1. The number of rotatable bonds is 5. The van der Waals surface area contributed by atoms with E-state index in [9.17, 15) is 0 Å². The maximum Gasteiger partial charge on any atom is 0.0875 e. The van der Waals surface area contributed by atoms with E-state index in [4.69, 9.17) is 4.74 Å². The Morgan fingerprint density at radius 3 is 2.13 bits per heavy atom. The van der Waals surface area contributed by atoms with Gasteiger partial charge in [-0.25, -0.2) is 0 Å². The molecule has 120 valence electrons. The Kier molecular flexibility index (Phi) is 4.41. The lowest BCUT2D eigenvalue weighted by Crippen LogP contribution is -2.24. The predicted octanol–water partition coefficient (Wildman–Crippen LogP) is 6.29. The van der Waals surface area contributed by atoms with Gasteiger partial charge in [-0.3, -0.25) is 0 Å². The molecule has 0 fully saturated rings. The molecule has 1 unspecified atom stereocenters. The molecule has 0 heterocycles. The smallest absolute Gasteiger partial charge is 0.0875 e. The highest BCUT2D eigenvalue weighted by Crippen LogP contribution is 2.30. The second-order valence-corrected chi connectivity index (χ2v) is 7.10. The van der Waals surface area contributed by atoms with Crippen molar-refractivity contribution >= 4 is 21.5 Å². The van der Waals surface area contributed by atoms with E-state index < -0.39 is 0 Å². The highest BCUT2D eigenvalue weighted by atomic mass is 16.5. The van der Waals surface area contributed by atoms with E-state index in [1.54, 1.807) is 0 Å². The molecule has 3 aromatic carbocycles. The van der Waals surface area contributed by atoms with Crippen molar-refractivity contribution in [2.75, 3.05) is 6.61 Å². The molecule has 0 aliphatic rings. The molecule has 23 heavy (non-hydrogen) atoms. The Morgan fingerprint density at radius 1 is 0.870 bits per heavy atom. The van der Waals surface area contributed by atoms with Gasteiger partial charge in [0.15, 0.2) is 0 Å². The molecule has 0 amide bonds. The Balaban J connectivity index is 1.96. The zero-order chi connectivity index (χ0) is 16.4. The first-order valence-corrected chi connectivity index (χ1v) is 8.56. The molecule has 0 saturated carbocycles. The van der Waals surface area contributed by atoms with Crippen molar-refractivity contribution in [3.05, 3.63) is 60.2 Å². The van der Waals surface area contributed by atoms with Crippen molar-refractivity contribution in [1.82, 2.24) is 0 Å². The van der Waals surface area contributed by atoms with Crippen molar-refractivity contribution in [3.63, 3.8) is 0 Å². The minimum atomic E-state index is -0.261. The molecule has 1 atom stereocenters. The Bertz CT molecular complexity index is 816. The first kappa shape index (κ1) is 16.0. The molecular formula is C22H26O. The van der Waals surface area contributed by atoms with E-state index in [0.717, 1.165) is 13.0 Å². The standard InChI is InChI=1S/C22H26O/c1-5-16(2)15-23-22(3,4)21-11-10-19-12-17-8-6-7-9-18(17)13-20(19)14-21/h6-14,16H,5,15H2,1-4H3. The van der Waals surface area contributed by atoms with Crippen LogP contribution in [0.3, 0.4) is 0 Å². The van der Waals surface area contributed by atoms with Crippen molar-refractivity contribution in [2.45, 2.75) is 39.7 Å². The van der Waals surface area contributed by atoms with Crippen LogP contribution >= 0.6 is 0 Å². The Morgan fingerprint density at radius 2 is 1.48 bits per heavy atom. The number of fused-ring (bicyclic) bond motifs is 2. The molecule has 1 nitrogen and oxygen atoms in total. The van der Waals surface area contributed by atoms with Gasteiger partial charge in [0.25, 0.3) is 0 Å². The van der Waals surface area contributed by atoms with E-state index in [0.29, 0.717) is 5.92 Å². The fourth-order valence-corrected chi connectivity index (χ4v) is 2.87. The molecule has 0 aliphatic heterocycles. The molecule has 3 rings (SSSR count). The van der Waals surface area contributed by atoms with Crippen LogP contribution in [0.1, 0.15) is 39.7 Å². The van der Waals surface area contributed by atoms with Gasteiger partial charge in [0.05, 0.1) is 12.2 Å². The minimum Gasteiger partial charge on any atom is -0.371 e. The second kappa shape index (κ2) is 6.33. The lowest BCUT2D eigenvalue weighted by atomic mass is 9.93. The first-order chi connectivity index (χ1) is 11.0. The summed E-state index contributed by atoms with van der Waals surface area (Å²) in [6.45, 7) is 9.58. The number of benzene rings is 3. The normalized spacial score (nSPS) is 13.6. The average Bonchev–Trinajstić information content (AvgIpc) is 2.57. The molecule has 0 aliphatic carbocycles. The zero-order valence-corrected chi connectivity index (χ0v) is 14.6. The molecule has 0 aromatic heterocycles. The predicted molar refractivity (Wildman–Crippen MR) is 99.9 cm³/mol. The van der Waals surface area contributed by atoms with Gasteiger partial charge in [0.2, 0.25) is 0 Å². The summed E-state index contributed by atoms with van der Waals surface area (Å²) in [5.74, 6) is 0.596. The van der Waals surface area contributed by atoms with E-state index in [1.165, 1.54) is 27.1 Å². The van der Waals surface area contributed by atoms with Gasteiger partial charge in [-0.15, -0.1) is 0 Å². The zero-order valence-electron chi connectivity index (χ0n) is 14.6. The molecule has 3 aromatic rings. The van der Waals surface area contributed by atoms with Crippen LogP contribution in [0.25, 0.3) is 21.5 Å². The summed E-state index contributed by atoms with van der Waals surface area (Å²) in [5.41, 5.74) is 0.979. The fourth-order valence-electron chi connectivity index (χ4n) is 2.87. The Labute approximate surface area is 139 Å². The van der Waals surface area contributed by atoms with Gasteiger partial charge >= 0.3 is 0 Å². The summed E-state index contributed by atoms with van der Waals surface area (Å²) < 4.78 is 6.20. The molecule has 0 saturated heterocycles. The highest BCUT2D eigenvalue weighted by Gasteiger charge is 2.22. The molecule has 1 heteroatoms. The topological polar surface area (TPSA) is 9.23 Å². The van der Waals surface area contributed by atoms with E-state index >= 15 is 0 Å². The molecule has 0 radical (unpaired) electrons. The summed E-state index contributed by atoms with van der Waals surface area (Å²) in [4.78, 5) is 0. The quantitative estimate of drug-likeness (QED) is 0.503. The van der Waals surface area contributed by atoms with Crippen LogP contribution in [0.4, 0.5) is 0 Å². The summed E-state index contributed by atoms with van der Waals surface area (Å²) in [6.07, 6.45) is 1.15. The molecule has 0 bridgehead atoms. The van der Waals surface area contributed by atoms with Crippen molar-refractivity contribution < 1.29 is 4.74 Å². The molecule has 0 N–H and O–H groups in total. The molecule has 0 spiro atoms. The Hall–Kier alpha value is -1.86. The van der Waals surface area contributed by atoms with Crippen LogP contribution in [0, 0.1) is 5.92 Å². The maximum atomic E-state index is 6.20. The SMILES string of the molecule is CCC(C)COC(C)(C)c1ccc2cc3ccccc3cc2c1. The first-order valence-electron chi connectivity index (χ1n) is 8.56. The minimum absolute atomic E-state index is 0.261. The summed E-state index contributed by atoms with van der Waals surface area (Å²) in [5, 5.41) is 5.14. The third-order valence-electron chi connectivity index (χ3n) is 4.83. The third-order valence-corrected chi connectivity index (χ3v) is 4.83. The highest BCUT2D eigenvalue weighted by molar-refractivity contribution is 5.98. The monoisotopic (exact) mass is 306 g/mol. The fraction of sp³-hybridized carbons (Fsp3) is 0.364. The van der Waals surface area contributed by atoms with Crippen LogP contribution in [-0.4, -0.2) is 6.61 Å². The van der Waals surface area contributed by atoms with Gasteiger partial charge < -0.3 is 4.74 Å². The van der Waals surface area contributed by atoms with Gasteiger partial charge in [-0.1, -0.05) is 56.7 Å². The van der Waals surface area contributed by atoms with Crippen LogP contribution in [0.5, 0.6) is 0 Å². The number of hydrogen-bond acceptors (Lipinski definition) is 1. The maximum absolute atomic E-state index is 6.20. The average molecular weight is 306 g/mol. The van der Waals surface area contributed by atoms with Crippen molar-refractivity contribution in [3.8, 4) is 0 Å². The molecular weight excluding hydrogens is 280 g/mol. The third kappa shape index (κ3) is 3.40. The summed E-state index contributed by atoms with van der Waals surface area (Å²) in [6, 6.07) is 19.8. The summed E-state index contributed by atoms with van der Waals surface area (Å²) >= 11 is 0. The van der Waals surface area contributed by atoms with E-state index in [2.05, 4.69) is 82.3 Å². The number of hydrogen-bond donors (Lipinski definition) is 0. The van der Waals surface area contributed by atoms with Crippen LogP contribution in [0.2, 0.25) is 0 Å². The van der Waals surface area contributed by atoms with Gasteiger partial charge in [-0.2, -0.15) is 0 Å². The van der Waals surface area contributed by atoms with Crippen molar-refractivity contribution in [2.24, 2.45) is 5.92 Å². The van der Waals surface area contributed by atoms with Gasteiger partial charge in [0, 0.05) is 0 Å². The van der Waals surface area contributed by atoms with E-state index in [1.807, 2.05) is 0 Å². The lowest BCUT2D eigenvalue weighted by molar-refractivity contribution is -0.0375. The van der Waals surface area contributed by atoms with Gasteiger partial charge in [0.1, 0.15) is 0 Å². The summed E-state index contributed by atoms with van der Waals surface area (Å²) in [7, 11) is 0. The largest absolute Gasteiger partial charge is 0.371 e. The van der Waals surface area contributed by atoms with Crippen LogP contribution in [-0.2, 0) is 10.3 Å².